The summed E-state index contributed by atoms with van der Waals surface area (Å²) < 4.78 is 16.9. The van der Waals surface area contributed by atoms with E-state index in [1.807, 2.05) is 6.07 Å². The average Bonchev–Trinajstić information content (AvgIpc) is 2.55. The van der Waals surface area contributed by atoms with Gasteiger partial charge in [0.25, 0.3) is 0 Å². The Balaban J connectivity index is 1.76. The minimum atomic E-state index is 0.619. The van der Waals surface area contributed by atoms with Crippen LogP contribution in [0.25, 0.3) is 0 Å². The molecule has 0 atom stereocenters. The minimum Gasteiger partial charge on any atom is -0.486 e. The molecule has 2 heterocycles. The summed E-state index contributed by atoms with van der Waals surface area (Å²) in [5.74, 6) is 1.79. The molecule has 5 heteroatoms. The van der Waals surface area contributed by atoms with E-state index >= 15 is 0 Å². The van der Waals surface area contributed by atoms with Gasteiger partial charge < -0.3 is 24.4 Å². The highest BCUT2D eigenvalue weighted by molar-refractivity contribution is 5.51. The predicted octanol–water partition coefficient (Wildman–Crippen LogP) is 1.05. The van der Waals surface area contributed by atoms with Crippen molar-refractivity contribution < 1.29 is 14.2 Å². The van der Waals surface area contributed by atoms with Crippen LogP contribution in [0.2, 0.25) is 0 Å². The summed E-state index contributed by atoms with van der Waals surface area (Å²) in [7, 11) is 1.73. The first-order chi connectivity index (χ1) is 10.4. The Hall–Kier alpha value is -1.30. The fraction of sp³-hybridized carbons (Fsp3) is 0.625. The first kappa shape index (κ1) is 14.6. The lowest BCUT2D eigenvalue weighted by Gasteiger charge is -2.28. The van der Waals surface area contributed by atoms with Gasteiger partial charge in [-0.15, -0.1) is 0 Å². The van der Waals surface area contributed by atoms with Gasteiger partial charge in [0, 0.05) is 45.4 Å². The Labute approximate surface area is 126 Å². The van der Waals surface area contributed by atoms with Crippen molar-refractivity contribution >= 4 is 0 Å². The second kappa shape index (κ2) is 7.11. The van der Waals surface area contributed by atoms with Gasteiger partial charge in [0.2, 0.25) is 0 Å². The maximum absolute atomic E-state index is 5.87. The summed E-state index contributed by atoms with van der Waals surface area (Å²) in [6.45, 7) is 7.33. The van der Waals surface area contributed by atoms with E-state index in [2.05, 4.69) is 16.3 Å². The molecule has 1 aromatic carbocycles. The third kappa shape index (κ3) is 3.48. The molecule has 2 aliphatic rings. The Morgan fingerprint density at radius 1 is 1.19 bits per heavy atom. The summed E-state index contributed by atoms with van der Waals surface area (Å²) in [5.41, 5.74) is 2.45. The third-order valence-corrected chi connectivity index (χ3v) is 4.10. The van der Waals surface area contributed by atoms with E-state index in [1.54, 1.807) is 7.11 Å². The predicted molar refractivity (Wildman–Crippen MR) is 81.2 cm³/mol. The number of hydrogen-bond donors (Lipinski definition) is 1. The Morgan fingerprint density at radius 2 is 2.00 bits per heavy atom. The first-order valence-electron chi connectivity index (χ1n) is 7.71. The van der Waals surface area contributed by atoms with Crippen LogP contribution in [0.4, 0.5) is 0 Å². The molecule has 5 nitrogen and oxygen atoms in total. The lowest BCUT2D eigenvalue weighted by Crippen LogP contribution is -2.44. The summed E-state index contributed by atoms with van der Waals surface area (Å²) in [6, 6.07) is 4.10. The Morgan fingerprint density at radius 3 is 2.81 bits per heavy atom. The molecule has 3 rings (SSSR count). The van der Waals surface area contributed by atoms with Gasteiger partial charge in [0.15, 0.2) is 11.5 Å². The minimum absolute atomic E-state index is 0.619. The zero-order chi connectivity index (χ0) is 14.5. The highest BCUT2D eigenvalue weighted by Gasteiger charge is 2.20. The van der Waals surface area contributed by atoms with Crippen LogP contribution in [0, 0.1) is 0 Å². The van der Waals surface area contributed by atoms with Crippen molar-refractivity contribution in [3.05, 3.63) is 23.3 Å². The molecular weight excluding hydrogens is 268 g/mol. The fourth-order valence-electron chi connectivity index (χ4n) is 2.98. The molecule has 1 saturated heterocycles. The van der Waals surface area contributed by atoms with Crippen LogP contribution >= 0.6 is 0 Å². The largest absolute Gasteiger partial charge is 0.486 e. The number of nitrogens with one attached hydrogen (secondary N) is 1. The van der Waals surface area contributed by atoms with Crippen molar-refractivity contribution in [1.29, 1.82) is 0 Å². The second-order valence-electron chi connectivity index (χ2n) is 5.50. The van der Waals surface area contributed by atoms with Gasteiger partial charge in [-0.1, -0.05) is 6.07 Å². The molecular formula is C16H24N2O3. The fourth-order valence-corrected chi connectivity index (χ4v) is 2.98. The van der Waals surface area contributed by atoms with Crippen LogP contribution in [-0.2, 0) is 17.8 Å². The van der Waals surface area contributed by atoms with E-state index in [1.165, 1.54) is 11.1 Å². The van der Waals surface area contributed by atoms with E-state index in [0.29, 0.717) is 19.8 Å². The Kier molecular flexibility index (Phi) is 4.95. The zero-order valence-corrected chi connectivity index (χ0v) is 12.7. The highest BCUT2D eigenvalue weighted by Crippen LogP contribution is 2.36. The first-order valence-corrected chi connectivity index (χ1v) is 7.71. The number of benzene rings is 1. The topological polar surface area (TPSA) is 43.0 Å². The third-order valence-electron chi connectivity index (χ3n) is 4.10. The molecule has 0 unspecified atom stereocenters. The SMILES string of the molecule is COCc1ccc2c(c1CCN1CCNCC1)OCCO2. The van der Waals surface area contributed by atoms with E-state index in [9.17, 15) is 0 Å². The average molecular weight is 292 g/mol. The van der Waals surface area contributed by atoms with Gasteiger partial charge in [0.05, 0.1) is 6.61 Å². The van der Waals surface area contributed by atoms with Crippen LogP contribution in [-0.4, -0.2) is 57.9 Å². The van der Waals surface area contributed by atoms with Gasteiger partial charge in [0.1, 0.15) is 13.2 Å². The van der Waals surface area contributed by atoms with Gasteiger partial charge in [-0.05, 0) is 18.1 Å². The van der Waals surface area contributed by atoms with Gasteiger partial charge in [-0.3, -0.25) is 0 Å². The van der Waals surface area contributed by atoms with Gasteiger partial charge >= 0.3 is 0 Å². The van der Waals surface area contributed by atoms with Crippen LogP contribution in [0.3, 0.4) is 0 Å². The molecule has 0 aromatic heterocycles. The molecule has 0 amide bonds. The van der Waals surface area contributed by atoms with E-state index in [0.717, 1.165) is 50.6 Å². The second-order valence-corrected chi connectivity index (χ2v) is 5.50. The number of fused-ring (bicyclic) bond motifs is 1. The number of hydrogen-bond acceptors (Lipinski definition) is 5. The van der Waals surface area contributed by atoms with Gasteiger partial charge in [-0.25, -0.2) is 0 Å². The van der Waals surface area contributed by atoms with E-state index in [-0.39, 0.29) is 0 Å². The van der Waals surface area contributed by atoms with Crippen molar-refractivity contribution in [3.63, 3.8) is 0 Å². The molecule has 21 heavy (non-hydrogen) atoms. The highest BCUT2D eigenvalue weighted by atomic mass is 16.6. The maximum atomic E-state index is 5.87. The van der Waals surface area contributed by atoms with Crippen LogP contribution in [0.1, 0.15) is 11.1 Å². The number of ether oxygens (including phenoxy) is 3. The Bertz CT molecular complexity index is 473. The van der Waals surface area contributed by atoms with Crippen LogP contribution < -0.4 is 14.8 Å². The monoisotopic (exact) mass is 292 g/mol. The maximum Gasteiger partial charge on any atom is 0.164 e. The molecule has 0 spiro atoms. The molecule has 1 fully saturated rings. The molecule has 0 bridgehead atoms. The standard InChI is InChI=1S/C16H24N2O3/c1-19-12-13-2-3-15-16(21-11-10-20-15)14(13)4-7-18-8-5-17-6-9-18/h2-3,17H,4-12H2,1H3. The molecule has 0 radical (unpaired) electrons. The number of methoxy groups -OCH3 is 1. The zero-order valence-electron chi connectivity index (χ0n) is 12.7. The van der Waals surface area contributed by atoms with Crippen molar-refractivity contribution in [2.24, 2.45) is 0 Å². The molecule has 2 aliphatic heterocycles. The van der Waals surface area contributed by atoms with Crippen LogP contribution in [0.15, 0.2) is 12.1 Å². The van der Waals surface area contributed by atoms with E-state index in [4.69, 9.17) is 14.2 Å². The molecule has 1 N–H and O–H groups in total. The van der Waals surface area contributed by atoms with Crippen molar-refractivity contribution in [2.75, 3.05) is 53.0 Å². The smallest absolute Gasteiger partial charge is 0.164 e. The quantitative estimate of drug-likeness (QED) is 0.879. The van der Waals surface area contributed by atoms with Crippen molar-refractivity contribution in [1.82, 2.24) is 10.2 Å². The van der Waals surface area contributed by atoms with Crippen molar-refractivity contribution in [2.45, 2.75) is 13.0 Å². The molecule has 0 aliphatic carbocycles. The lowest BCUT2D eigenvalue weighted by molar-refractivity contribution is 0.164. The number of rotatable bonds is 5. The van der Waals surface area contributed by atoms with Crippen molar-refractivity contribution in [3.8, 4) is 11.5 Å². The summed E-state index contributed by atoms with van der Waals surface area (Å²) in [5, 5.41) is 3.39. The summed E-state index contributed by atoms with van der Waals surface area (Å²) in [6.07, 6.45) is 0.977. The summed E-state index contributed by atoms with van der Waals surface area (Å²) >= 11 is 0. The number of piperazine rings is 1. The summed E-state index contributed by atoms with van der Waals surface area (Å²) in [4.78, 5) is 2.50. The van der Waals surface area contributed by atoms with E-state index < -0.39 is 0 Å². The molecule has 116 valence electrons. The number of nitrogens with zero attached hydrogens (tertiary/aromatic N) is 1. The van der Waals surface area contributed by atoms with Gasteiger partial charge in [-0.2, -0.15) is 0 Å². The molecule has 1 aromatic rings. The molecule has 0 saturated carbocycles. The lowest BCUT2D eigenvalue weighted by atomic mass is 10.0. The van der Waals surface area contributed by atoms with Crippen LogP contribution in [0.5, 0.6) is 11.5 Å². The normalized spacial score (nSPS) is 18.7.